The van der Waals surface area contributed by atoms with Crippen LogP contribution in [0.2, 0.25) is 0 Å². The molecule has 1 N–H and O–H groups in total. The summed E-state index contributed by atoms with van der Waals surface area (Å²) in [5.41, 5.74) is 1.93. The van der Waals surface area contributed by atoms with E-state index in [1.807, 2.05) is 0 Å². The molecular formula is C15H13N3O4. The first-order chi connectivity index (χ1) is 10.7. The fourth-order valence-corrected chi connectivity index (χ4v) is 2.14. The number of furan rings is 1. The van der Waals surface area contributed by atoms with E-state index in [4.69, 9.17) is 9.15 Å². The van der Waals surface area contributed by atoms with E-state index < -0.39 is 5.97 Å². The molecule has 2 aromatic heterocycles. The lowest BCUT2D eigenvalue weighted by Gasteiger charge is -2.07. The zero-order valence-electron chi connectivity index (χ0n) is 11.8. The number of ether oxygens (including phenoxy) is 1. The van der Waals surface area contributed by atoms with Crippen LogP contribution in [0.25, 0.3) is 17.1 Å². The third kappa shape index (κ3) is 2.38. The zero-order chi connectivity index (χ0) is 15.5. The molecule has 2 heterocycles. The number of hydrogen-bond donors (Lipinski definition) is 1. The summed E-state index contributed by atoms with van der Waals surface area (Å²) in [6.45, 7) is -0.271. The van der Waals surface area contributed by atoms with Crippen molar-refractivity contribution >= 4 is 5.97 Å². The van der Waals surface area contributed by atoms with E-state index in [0.29, 0.717) is 28.4 Å². The first-order valence-electron chi connectivity index (χ1n) is 6.52. The quantitative estimate of drug-likeness (QED) is 0.739. The Hall–Kier alpha value is -2.93. The Kier molecular flexibility index (Phi) is 3.71. The van der Waals surface area contributed by atoms with Crippen LogP contribution in [-0.2, 0) is 11.3 Å². The number of aliphatic hydroxyl groups excluding tert-OH is 1. The van der Waals surface area contributed by atoms with Crippen molar-refractivity contribution in [3.63, 3.8) is 0 Å². The van der Waals surface area contributed by atoms with Crippen molar-refractivity contribution in [3.8, 4) is 17.1 Å². The van der Waals surface area contributed by atoms with Crippen LogP contribution in [0.4, 0.5) is 0 Å². The average molecular weight is 299 g/mol. The second-order valence-electron chi connectivity index (χ2n) is 4.47. The van der Waals surface area contributed by atoms with Gasteiger partial charge in [-0.3, -0.25) is 0 Å². The molecule has 0 fully saturated rings. The van der Waals surface area contributed by atoms with Gasteiger partial charge in [0.2, 0.25) is 0 Å². The molecular weight excluding hydrogens is 286 g/mol. The van der Waals surface area contributed by atoms with Gasteiger partial charge in [0, 0.05) is 0 Å². The van der Waals surface area contributed by atoms with E-state index >= 15 is 0 Å². The highest BCUT2D eigenvalue weighted by atomic mass is 16.5. The van der Waals surface area contributed by atoms with Crippen LogP contribution in [0.5, 0.6) is 0 Å². The van der Waals surface area contributed by atoms with Crippen LogP contribution in [-0.4, -0.2) is 33.2 Å². The molecule has 0 saturated carbocycles. The lowest BCUT2D eigenvalue weighted by Crippen LogP contribution is -2.04. The minimum atomic E-state index is -0.441. The number of nitrogens with zero attached hydrogens (tertiary/aromatic N) is 3. The standard InChI is InChI=1S/C15H13N3O4/c1-21-15(20)10-4-2-5-11(8-10)18-14(12(9-19)16-17-18)13-6-3-7-22-13/h2-8,19H,9H2,1H3. The third-order valence-electron chi connectivity index (χ3n) is 3.16. The summed E-state index contributed by atoms with van der Waals surface area (Å²) in [7, 11) is 1.32. The molecule has 0 unspecified atom stereocenters. The summed E-state index contributed by atoms with van der Waals surface area (Å²) in [5, 5.41) is 17.4. The van der Waals surface area contributed by atoms with Gasteiger partial charge in [-0.05, 0) is 30.3 Å². The molecule has 0 amide bonds. The van der Waals surface area contributed by atoms with Gasteiger partial charge in [-0.2, -0.15) is 0 Å². The molecule has 3 aromatic rings. The monoisotopic (exact) mass is 299 g/mol. The van der Waals surface area contributed by atoms with E-state index in [0.717, 1.165) is 0 Å². The Labute approximate surface area is 125 Å². The molecule has 3 rings (SSSR count). The number of rotatable bonds is 4. The molecule has 0 spiro atoms. The largest absolute Gasteiger partial charge is 0.465 e. The van der Waals surface area contributed by atoms with Gasteiger partial charge in [0.05, 0.1) is 31.2 Å². The van der Waals surface area contributed by atoms with Gasteiger partial charge < -0.3 is 14.3 Å². The first kappa shape index (κ1) is 14.0. The first-order valence-corrected chi connectivity index (χ1v) is 6.52. The van der Waals surface area contributed by atoms with Crippen LogP contribution in [0, 0.1) is 0 Å². The van der Waals surface area contributed by atoms with Crippen molar-refractivity contribution in [1.82, 2.24) is 15.0 Å². The van der Waals surface area contributed by atoms with Gasteiger partial charge in [0.15, 0.2) is 5.76 Å². The van der Waals surface area contributed by atoms with Gasteiger partial charge in [-0.15, -0.1) is 5.10 Å². The molecule has 0 saturated heterocycles. The Balaban J connectivity index is 2.13. The summed E-state index contributed by atoms with van der Waals surface area (Å²) < 4.78 is 11.6. The minimum Gasteiger partial charge on any atom is -0.465 e. The molecule has 0 aliphatic carbocycles. The molecule has 1 aromatic carbocycles. The van der Waals surface area contributed by atoms with Crippen molar-refractivity contribution in [3.05, 3.63) is 53.9 Å². The molecule has 0 atom stereocenters. The summed E-state index contributed by atoms with van der Waals surface area (Å²) in [5.74, 6) is 0.0846. The number of carbonyl (C=O) groups is 1. The van der Waals surface area contributed by atoms with Crippen molar-refractivity contribution in [2.45, 2.75) is 6.61 Å². The topological polar surface area (TPSA) is 90.4 Å². The number of benzene rings is 1. The molecule has 7 heteroatoms. The van der Waals surface area contributed by atoms with Crippen molar-refractivity contribution < 1.29 is 19.1 Å². The highest BCUT2D eigenvalue weighted by Crippen LogP contribution is 2.26. The van der Waals surface area contributed by atoms with Crippen molar-refractivity contribution in [2.24, 2.45) is 0 Å². The van der Waals surface area contributed by atoms with Crippen molar-refractivity contribution in [1.29, 1.82) is 0 Å². The maximum absolute atomic E-state index is 11.6. The fraction of sp³-hybridized carbons (Fsp3) is 0.133. The summed E-state index contributed by atoms with van der Waals surface area (Å²) in [6.07, 6.45) is 1.53. The molecule has 0 aliphatic rings. The molecule has 7 nitrogen and oxygen atoms in total. The molecule has 0 aliphatic heterocycles. The van der Waals surface area contributed by atoms with E-state index in [2.05, 4.69) is 10.3 Å². The molecule has 22 heavy (non-hydrogen) atoms. The van der Waals surface area contributed by atoms with Crippen LogP contribution >= 0.6 is 0 Å². The van der Waals surface area contributed by atoms with Gasteiger partial charge in [-0.25, -0.2) is 9.48 Å². The van der Waals surface area contributed by atoms with Gasteiger partial charge in [-0.1, -0.05) is 11.3 Å². The third-order valence-corrected chi connectivity index (χ3v) is 3.16. The number of methoxy groups -OCH3 is 1. The summed E-state index contributed by atoms with van der Waals surface area (Å²) in [4.78, 5) is 11.6. The van der Waals surface area contributed by atoms with E-state index in [1.165, 1.54) is 18.1 Å². The molecule has 112 valence electrons. The smallest absolute Gasteiger partial charge is 0.337 e. The van der Waals surface area contributed by atoms with E-state index in [1.54, 1.807) is 36.4 Å². The second-order valence-corrected chi connectivity index (χ2v) is 4.47. The highest BCUT2D eigenvalue weighted by molar-refractivity contribution is 5.90. The van der Waals surface area contributed by atoms with Crippen LogP contribution in [0.1, 0.15) is 16.1 Å². The summed E-state index contributed by atoms with van der Waals surface area (Å²) >= 11 is 0. The molecule has 0 bridgehead atoms. The minimum absolute atomic E-state index is 0.271. The number of carbonyl (C=O) groups excluding carboxylic acids is 1. The van der Waals surface area contributed by atoms with E-state index in [-0.39, 0.29) is 6.61 Å². The van der Waals surface area contributed by atoms with Crippen molar-refractivity contribution in [2.75, 3.05) is 7.11 Å². The lowest BCUT2D eigenvalue weighted by atomic mass is 10.2. The normalized spacial score (nSPS) is 10.6. The Morgan fingerprint density at radius 3 is 2.91 bits per heavy atom. The Morgan fingerprint density at radius 1 is 1.36 bits per heavy atom. The zero-order valence-corrected chi connectivity index (χ0v) is 11.8. The number of hydrogen-bond acceptors (Lipinski definition) is 6. The predicted molar refractivity (Wildman–Crippen MR) is 76.3 cm³/mol. The Morgan fingerprint density at radius 2 is 2.23 bits per heavy atom. The average Bonchev–Trinajstić information content (AvgIpc) is 3.22. The van der Waals surface area contributed by atoms with Crippen LogP contribution in [0.3, 0.4) is 0 Å². The number of aliphatic hydroxyl groups is 1. The number of esters is 1. The van der Waals surface area contributed by atoms with Crippen LogP contribution in [0.15, 0.2) is 47.1 Å². The SMILES string of the molecule is COC(=O)c1cccc(-n2nnc(CO)c2-c2ccco2)c1. The lowest BCUT2D eigenvalue weighted by molar-refractivity contribution is 0.0600. The summed E-state index contributed by atoms with van der Waals surface area (Å²) in [6, 6.07) is 10.2. The number of aromatic nitrogens is 3. The maximum atomic E-state index is 11.6. The van der Waals surface area contributed by atoms with Gasteiger partial charge in [0.1, 0.15) is 11.4 Å². The fourth-order valence-electron chi connectivity index (χ4n) is 2.14. The molecule has 0 radical (unpaired) electrons. The van der Waals surface area contributed by atoms with Gasteiger partial charge >= 0.3 is 5.97 Å². The highest BCUT2D eigenvalue weighted by Gasteiger charge is 2.18. The predicted octanol–water partition coefficient (Wildman–Crippen LogP) is 1.81. The Bertz CT molecular complexity index is 793. The van der Waals surface area contributed by atoms with Gasteiger partial charge in [0.25, 0.3) is 0 Å². The second kappa shape index (κ2) is 5.82. The van der Waals surface area contributed by atoms with E-state index in [9.17, 15) is 9.90 Å². The maximum Gasteiger partial charge on any atom is 0.337 e. The van der Waals surface area contributed by atoms with Crippen LogP contribution < -0.4 is 0 Å².